The fourth-order valence-electron chi connectivity index (χ4n) is 1.81. The van der Waals surface area contributed by atoms with E-state index in [-0.39, 0.29) is 17.5 Å². The van der Waals surface area contributed by atoms with Gasteiger partial charge in [-0.05, 0) is 12.8 Å². The fraction of sp³-hybridized carbons (Fsp3) is 0.727. The Morgan fingerprint density at radius 3 is 2.57 bits per heavy atom. The van der Waals surface area contributed by atoms with Crippen molar-refractivity contribution >= 4 is 5.97 Å². The van der Waals surface area contributed by atoms with Crippen LogP contribution in [0.5, 0.6) is 0 Å². The summed E-state index contributed by atoms with van der Waals surface area (Å²) in [6, 6.07) is 0. The molecule has 0 N–H and O–H groups in total. The van der Waals surface area contributed by atoms with E-state index in [1.807, 2.05) is 6.92 Å². The predicted octanol–water partition coefficient (Wildman–Crippen LogP) is 1.92. The highest BCUT2D eigenvalue weighted by Gasteiger charge is 2.45. The van der Waals surface area contributed by atoms with E-state index in [4.69, 9.17) is 9.47 Å². The normalized spacial score (nSPS) is 20.7. The summed E-state index contributed by atoms with van der Waals surface area (Å²) in [6.07, 6.45) is 2.99. The Balaban J connectivity index is 2.60. The van der Waals surface area contributed by atoms with Gasteiger partial charge >= 0.3 is 5.97 Å². The monoisotopic (exact) mass is 198 g/mol. The van der Waals surface area contributed by atoms with Crippen LogP contribution in [0.4, 0.5) is 0 Å². The Bertz CT molecular complexity index is 213. The van der Waals surface area contributed by atoms with Gasteiger partial charge in [-0.15, -0.1) is 0 Å². The van der Waals surface area contributed by atoms with Gasteiger partial charge in [0.05, 0.1) is 18.6 Å². The zero-order valence-electron chi connectivity index (χ0n) is 8.91. The Hall–Kier alpha value is -0.830. The molecule has 1 rings (SSSR count). The van der Waals surface area contributed by atoms with Gasteiger partial charge in [0.15, 0.2) is 0 Å². The Morgan fingerprint density at radius 1 is 1.64 bits per heavy atom. The van der Waals surface area contributed by atoms with E-state index in [1.165, 1.54) is 6.08 Å². The van der Waals surface area contributed by atoms with Crippen molar-refractivity contribution in [2.24, 2.45) is 5.41 Å². The van der Waals surface area contributed by atoms with Gasteiger partial charge in [-0.3, -0.25) is 0 Å². The lowest BCUT2D eigenvalue weighted by Gasteiger charge is -2.45. The largest absolute Gasteiger partial charge is 0.458 e. The molecule has 0 spiro atoms. The zero-order valence-corrected chi connectivity index (χ0v) is 8.91. The SMILES string of the molecule is C=CC(=O)OC(CC)C1(CC)COC1. The molecule has 0 radical (unpaired) electrons. The van der Waals surface area contributed by atoms with Crippen molar-refractivity contribution < 1.29 is 14.3 Å². The number of carbonyl (C=O) groups excluding carboxylic acids is 1. The smallest absolute Gasteiger partial charge is 0.330 e. The molecule has 1 aliphatic rings. The molecule has 0 saturated carbocycles. The van der Waals surface area contributed by atoms with Crippen LogP contribution in [0.25, 0.3) is 0 Å². The fourth-order valence-corrected chi connectivity index (χ4v) is 1.81. The Labute approximate surface area is 85.1 Å². The summed E-state index contributed by atoms with van der Waals surface area (Å²) in [5, 5.41) is 0. The molecule has 1 atom stereocenters. The molecule has 1 aliphatic heterocycles. The number of esters is 1. The summed E-state index contributed by atoms with van der Waals surface area (Å²) in [6.45, 7) is 8.92. The van der Waals surface area contributed by atoms with Crippen molar-refractivity contribution in [2.75, 3.05) is 13.2 Å². The second-order valence-electron chi connectivity index (χ2n) is 3.75. The molecule has 0 aromatic heterocycles. The van der Waals surface area contributed by atoms with Crippen LogP contribution >= 0.6 is 0 Å². The summed E-state index contributed by atoms with van der Waals surface area (Å²) in [5.74, 6) is -0.337. The minimum atomic E-state index is -0.337. The zero-order chi connectivity index (χ0) is 10.6. The highest BCUT2D eigenvalue weighted by molar-refractivity contribution is 5.81. The highest BCUT2D eigenvalue weighted by Crippen LogP contribution is 2.38. The average molecular weight is 198 g/mol. The summed E-state index contributed by atoms with van der Waals surface area (Å²) in [4.78, 5) is 11.1. The molecular weight excluding hydrogens is 180 g/mol. The lowest BCUT2D eigenvalue weighted by Crippen LogP contribution is -2.52. The minimum Gasteiger partial charge on any atom is -0.458 e. The predicted molar refractivity (Wildman–Crippen MR) is 53.9 cm³/mol. The van der Waals surface area contributed by atoms with E-state index in [2.05, 4.69) is 13.5 Å². The van der Waals surface area contributed by atoms with Gasteiger partial charge in [-0.1, -0.05) is 20.4 Å². The molecule has 0 aromatic carbocycles. The van der Waals surface area contributed by atoms with Crippen LogP contribution in [0, 0.1) is 5.41 Å². The third-order valence-electron chi connectivity index (χ3n) is 2.96. The molecule has 0 aromatic rings. The summed E-state index contributed by atoms with van der Waals surface area (Å²) in [5.41, 5.74) is 0.0490. The van der Waals surface area contributed by atoms with Crippen LogP contribution in [-0.4, -0.2) is 25.3 Å². The second-order valence-corrected chi connectivity index (χ2v) is 3.75. The van der Waals surface area contributed by atoms with E-state index in [1.54, 1.807) is 0 Å². The topological polar surface area (TPSA) is 35.5 Å². The van der Waals surface area contributed by atoms with Crippen molar-refractivity contribution in [3.63, 3.8) is 0 Å². The maximum absolute atomic E-state index is 11.1. The van der Waals surface area contributed by atoms with E-state index >= 15 is 0 Å². The lowest BCUT2D eigenvalue weighted by molar-refractivity contribution is -0.194. The van der Waals surface area contributed by atoms with Crippen molar-refractivity contribution in [3.8, 4) is 0 Å². The standard InChI is InChI=1S/C11H18O3/c1-4-9(14-10(12)5-2)11(6-3)7-13-8-11/h5,9H,2,4,6-8H2,1,3H3. The third kappa shape index (κ3) is 1.98. The van der Waals surface area contributed by atoms with Crippen LogP contribution in [0.2, 0.25) is 0 Å². The first-order chi connectivity index (χ1) is 6.68. The Kier molecular flexibility index (Phi) is 3.69. The van der Waals surface area contributed by atoms with Gasteiger partial charge in [-0.2, -0.15) is 0 Å². The van der Waals surface area contributed by atoms with Crippen LogP contribution in [-0.2, 0) is 14.3 Å². The first-order valence-corrected chi connectivity index (χ1v) is 5.09. The van der Waals surface area contributed by atoms with Gasteiger partial charge in [0, 0.05) is 6.08 Å². The van der Waals surface area contributed by atoms with E-state index < -0.39 is 0 Å². The molecule has 14 heavy (non-hydrogen) atoms. The van der Waals surface area contributed by atoms with Crippen molar-refractivity contribution in [3.05, 3.63) is 12.7 Å². The van der Waals surface area contributed by atoms with Crippen molar-refractivity contribution in [1.82, 2.24) is 0 Å². The minimum absolute atomic E-state index is 0.0354. The van der Waals surface area contributed by atoms with Crippen LogP contribution < -0.4 is 0 Å². The van der Waals surface area contributed by atoms with Gasteiger partial charge < -0.3 is 9.47 Å². The second kappa shape index (κ2) is 4.60. The van der Waals surface area contributed by atoms with E-state index in [0.717, 1.165) is 12.8 Å². The summed E-state index contributed by atoms with van der Waals surface area (Å²) < 4.78 is 10.5. The molecule has 1 heterocycles. The van der Waals surface area contributed by atoms with Gasteiger partial charge in [0.25, 0.3) is 0 Å². The van der Waals surface area contributed by atoms with E-state index in [0.29, 0.717) is 13.2 Å². The van der Waals surface area contributed by atoms with Crippen LogP contribution in [0.1, 0.15) is 26.7 Å². The Morgan fingerprint density at radius 2 is 2.29 bits per heavy atom. The van der Waals surface area contributed by atoms with E-state index in [9.17, 15) is 4.79 Å². The van der Waals surface area contributed by atoms with Crippen molar-refractivity contribution in [1.29, 1.82) is 0 Å². The third-order valence-corrected chi connectivity index (χ3v) is 2.96. The number of rotatable bonds is 5. The van der Waals surface area contributed by atoms with Crippen LogP contribution in [0.15, 0.2) is 12.7 Å². The number of ether oxygens (including phenoxy) is 2. The molecule has 0 aliphatic carbocycles. The quantitative estimate of drug-likeness (QED) is 0.500. The van der Waals surface area contributed by atoms with Gasteiger partial charge in [0.1, 0.15) is 6.10 Å². The highest BCUT2D eigenvalue weighted by atomic mass is 16.6. The van der Waals surface area contributed by atoms with Gasteiger partial charge in [-0.25, -0.2) is 4.79 Å². The molecule has 3 nitrogen and oxygen atoms in total. The average Bonchev–Trinajstić information content (AvgIpc) is 2.15. The maximum Gasteiger partial charge on any atom is 0.330 e. The number of hydrogen-bond acceptors (Lipinski definition) is 3. The lowest BCUT2D eigenvalue weighted by atomic mass is 9.76. The maximum atomic E-state index is 11.1. The van der Waals surface area contributed by atoms with Crippen molar-refractivity contribution in [2.45, 2.75) is 32.8 Å². The molecular formula is C11H18O3. The molecule has 3 heteroatoms. The first kappa shape index (κ1) is 11.2. The molecule has 1 fully saturated rings. The first-order valence-electron chi connectivity index (χ1n) is 5.09. The molecule has 0 amide bonds. The number of hydrogen-bond donors (Lipinski definition) is 0. The molecule has 80 valence electrons. The molecule has 1 saturated heterocycles. The molecule has 1 unspecified atom stereocenters. The van der Waals surface area contributed by atoms with Gasteiger partial charge in [0.2, 0.25) is 0 Å². The molecule has 0 bridgehead atoms. The number of carbonyl (C=O) groups is 1. The summed E-state index contributed by atoms with van der Waals surface area (Å²) in [7, 11) is 0. The summed E-state index contributed by atoms with van der Waals surface area (Å²) >= 11 is 0. The van der Waals surface area contributed by atoms with Crippen LogP contribution in [0.3, 0.4) is 0 Å².